The van der Waals surface area contributed by atoms with Crippen LogP contribution in [0.4, 0.5) is 4.39 Å². The van der Waals surface area contributed by atoms with E-state index in [4.69, 9.17) is 0 Å². The van der Waals surface area contributed by atoms with E-state index in [1.54, 1.807) is 0 Å². The molecule has 0 atom stereocenters. The fourth-order valence-corrected chi connectivity index (χ4v) is 3.08. The molecule has 17 heavy (non-hydrogen) atoms. The molecule has 0 saturated heterocycles. The Balaban J connectivity index is 2.17. The summed E-state index contributed by atoms with van der Waals surface area (Å²) >= 11 is 1.48. The second-order valence-corrected chi connectivity index (χ2v) is 5.90. The summed E-state index contributed by atoms with van der Waals surface area (Å²) < 4.78 is 39.3. The van der Waals surface area contributed by atoms with E-state index < -0.39 is 15.8 Å². The van der Waals surface area contributed by atoms with Crippen molar-refractivity contribution in [1.82, 2.24) is 4.72 Å². The molecule has 0 spiro atoms. The third-order valence-corrected chi connectivity index (χ3v) is 4.34. The molecule has 3 nitrogen and oxygen atoms in total. The van der Waals surface area contributed by atoms with Crippen LogP contribution in [-0.4, -0.2) is 8.42 Å². The monoisotopic (exact) mass is 271 g/mol. The number of rotatable bonds is 4. The number of benzene rings is 1. The van der Waals surface area contributed by atoms with Gasteiger partial charge in [-0.3, -0.25) is 0 Å². The molecule has 0 unspecified atom stereocenters. The van der Waals surface area contributed by atoms with Gasteiger partial charge in [0.15, 0.2) is 0 Å². The van der Waals surface area contributed by atoms with Gasteiger partial charge in [0.25, 0.3) is 0 Å². The van der Waals surface area contributed by atoms with E-state index in [1.165, 1.54) is 29.5 Å². The summed E-state index contributed by atoms with van der Waals surface area (Å²) in [5.41, 5.74) is 0.856. The lowest BCUT2D eigenvalue weighted by Gasteiger charge is -2.06. The van der Waals surface area contributed by atoms with Gasteiger partial charge in [0, 0.05) is 6.54 Å². The predicted octanol–water partition coefficient (Wildman–Crippen LogP) is 2.37. The van der Waals surface area contributed by atoms with Gasteiger partial charge in [-0.2, -0.15) is 11.3 Å². The van der Waals surface area contributed by atoms with Gasteiger partial charge in [-0.15, -0.1) is 0 Å². The van der Waals surface area contributed by atoms with E-state index in [2.05, 4.69) is 4.72 Å². The molecule has 0 radical (unpaired) electrons. The molecule has 0 saturated carbocycles. The Labute approximate surface area is 103 Å². The van der Waals surface area contributed by atoms with E-state index in [0.717, 1.165) is 11.6 Å². The average Bonchev–Trinajstić information content (AvgIpc) is 2.80. The van der Waals surface area contributed by atoms with Gasteiger partial charge in [0.1, 0.15) is 10.7 Å². The van der Waals surface area contributed by atoms with Crippen molar-refractivity contribution in [2.75, 3.05) is 0 Å². The number of hydrogen-bond acceptors (Lipinski definition) is 3. The predicted molar refractivity (Wildman–Crippen MR) is 64.7 cm³/mol. The Kier molecular flexibility index (Phi) is 3.56. The van der Waals surface area contributed by atoms with Crippen molar-refractivity contribution in [2.24, 2.45) is 0 Å². The van der Waals surface area contributed by atoms with Crippen molar-refractivity contribution in [3.05, 3.63) is 52.5 Å². The number of nitrogens with one attached hydrogen (secondary N) is 1. The summed E-state index contributed by atoms with van der Waals surface area (Å²) in [6, 6.07) is 7.12. The van der Waals surface area contributed by atoms with Crippen molar-refractivity contribution in [3.8, 4) is 0 Å². The lowest BCUT2D eigenvalue weighted by molar-refractivity contribution is 0.557. The second-order valence-electron chi connectivity index (χ2n) is 3.39. The molecule has 1 aromatic heterocycles. The number of halogens is 1. The Morgan fingerprint density at radius 3 is 2.65 bits per heavy atom. The SMILES string of the molecule is O=S(=O)(NCc1ccsc1)c1ccccc1F. The summed E-state index contributed by atoms with van der Waals surface area (Å²) in [6.07, 6.45) is 0. The molecule has 6 heteroatoms. The summed E-state index contributed by atoms with van der Waals surface area (Å²) in [4.78, 5) is -0.324. The maximum absolute atomic E-state index is 13.3. The highest BCUT2D eigenvalue weighted by Crippen LogP contribution is 2.14. The molecule has 2 rings (SSSR count). The fourth-order valence-electron chi connectivity index (χ4n) is 1.31. The first-order chi connectivity index (χ1) is 8.09. The topological polar surface area (TPSA) is 46.2 Å². The van der Waals surface area contributed by atoms with Crippen molar-refractivity contribution < 1.29 is 12.8 Å². The van der Waals surface area contributed by atoms with Crippen LogP contribution in [0.5, 0.6) is 0 Å². The first kappa shape index (κ1) is 12.2. The zero-order chi connectivity index (χ0) is 12.3. The molecule has 2 aromatic rings. The third kappa shape index (κ3) is 2.91. The Morgan fingerprint density at radius 2 is 2.00 bits per heavy atom. The minimum atomic E-state index is -3.79. The molecule has 0 aliphatic heterocycles. The number of hydrogen-bond donors (Lipinski definition) is 1. The second kappa shape index (κ2) is 4.95. The highest BCUT2D eigenvalue weighted by atomic mass is 32.2. The first-order valence-corrected chi connectivity index (χ1v) is 7.27. The number of sulfonamides is 1. The lowest BCUT2D eigenvalue weighted by Crippen LogP contribution is -2.23. The van der Waals surface area contributed by atoms with Crippen molar-refractivity contribution in [2.45, 2.75) is 11.4 Å². The quantitative estimate of drug-likeness (QED) is 0.928. The molecule has 90 valence electrons. The highest BCUT2D eigenvalue weighted by molar-refractivity contribution is 7.89. The Hall–Kier alpha value is -1.24. The Bertz CT molecular complexity index is 594. The standard InChI is InChI=1S/C11H10FNO2S2/c12-10-3-1-2-4-11(10)17(14,15)13-7-9-5-6-16-8-9/h1-6,8,13H,7H2. The van der Waals surface area contributed by atoms with Gasteiger partial charge >= 0.3 is 0 Å². The zero-order valence-corrected chi connectivity index (χ0v) is 10.4. The summed E-state index contributed by atoms with van der Waals surface area (Å²) in [6.45, 7) is 0.167. The van der Waals surface area contributed by atoms with Crippen LogP contribution in [0.3, 0.4) is 0 Å². The van der Waals surface area contributed by atoms with Crippen LogP contribution < -0.4 is 4.72 Å². The van der Waals surface area contributed by atoms with Crippen LogP contribution in [0.25, 0.3) is 0 Å². The molecule has 1 heterocycles. The molecule has 0 amide bonds. The minimum Gasteiger partial charge on any atom is -0.207 e. The van der Waals surface area contributed by atoms with Gasteiger partial charge in [-0.1, -0.05) is 12.1 Å². The van der Waals surface area contributed by atoms with Gasteiger partial charge in [-0.05, 0) is 34.5 Å². The van der Waals surface area contributed by atoms with E-state index in [0.29, 0.717) is 0 Å². The van der Waals surface area contributed by atoms with Gasteiger partial charge in [-0.25, -0.2) is 17.5 Å². The van der Waals surface area contributed by atoms with E-state index in [-0.39, 0.29) is 11.4 Å². The van der Waals surface area contributed by atoms with Crippen molar-refractivity contribution >= 4 is 21.4 Å². The van der Waals surface area contributed by atoms with Crippen LogP contribution >= 0.6 is 11.3 Å². The summed E-state index contributed by atoms with van der Waals surface area (Å²) in [7, 11) is -3.79. The van der Waals surface area contributed by atoms with Gasteiger partial charge in [0.2, 0.25) is 10.0 Å². The normalized spacial score (nSPS) is 11.6. The smallest absolute Gasteiger partial charge is 0.207 e. The summed E-state index contributed by atoms with van der Waals surface area (Å²) in [5.74, 6) is -0.745. The maximum Gasteiger partial charge on any atom is 0.243 e. The molecule has 0 bridgehead atoms. The van der Waals surface area contributed by atoms with Crippen LogP contribution in [0.1, 0.15) is 5.56 Å². The Morgan fingerprint density at radius 1 is 1.24 bits per heavy atom. The largest absolute Gasteiger partial charge is 0.243 e. The van der Waals surface area contributed by atoms with Crippen molar-refractivity contribution in [1.29, 1.82) is 0 Å². The molecule has 0 aliphatic rings. The molecule has 1 aromatic carbocycles. The lowest BCUT2D eigenvalue weighted by atomic mass is 10.3. The average molecular weight is 271 g/mol. The zero-order valence-electron chi connectivity index (χ0n) is 8.76. The molecule has 1 N–H and O–H groups in total. The van der Waals surface area contributed by atoms with Gasteiger partial charge < -0.3 is 0 Å². The highest BCUT2D eigenvalue weighted by Gasteiger charge is 2.17. The molecular formula is C11H10FNO2S2. The molecular weight excluding hydrogens is 261 g/mol. The van der Waals surface area contributed by atoms with E-state index in [9.17, 15) is 12.8 Å². The third-order valence-electron chi connectivity index (χ3n) is 2.17. The fraction of sp³-hybridized carbons (Fsp3) is 0.0909. The minimum absolute atomic E-state index is 0.167. The van der Waals surface area contributed by atoms with Crippen LogP contribution in [0, 0.1) is 5.82 Å². The number of thiophene rings is 1. The van der Waals surface area contributed by atoms with Crippen LogP contribution in [0.15, 0.2) is 46.0 Å². The van der Waals surface area contributed by atoms with Gasteiger partial charge in [0.05, 0.1) is 0 Å². The molecule has 0 aliphatic carbocycles. The van der Waals surface area contributed by atoms with Crippen LogP contribution in [0.2, 0.25) is 0 Å². The summed E-state index contributed by atoms with van der Waals surface area (Å²) in [5, 5.41) is 3.69. The van der Waals surface area contributed by atoms with E-state index >= 15 is 0 Å². The van der Waals surface area contributed by atoms with E-state index in [1.807, 2.05) is 16.8 Å². The maximum atomic E-state index is 13.3. The first-order valence-electron chi connectivity index (χ1n) is 4.85. The van der Waals surface area contributed by atoms with Crippen molar-refractivity contribution in [3.63, 3.8) is 0 Å². The molecule has 0 fully saturated rings. The van der Waals surface area contributed by atoms with Crippen LogP contribution in [-0.2, 0) is 16.6 Å².